The summed E-state index contributed by atoms with van der Waals surface area (Å²) in [6, 6.07) is 3.85. The third-order valence-electron chi connectivity index (χ3n) is 5.22. The normalized spacial score (nSPS) is 19.8. The first-order valence-electron chi connectivity index (χ1n) is 9.50. The summed E-state index contributed by atoms with van der Waals surface area (Å²) < 4.78 is 5.85. The van der Waals surface area contributed by atoms with Gasteiger partial charge >= 0.3 is 0 Å². The fourth-order valence-electron chi connectivity index (χ4n) is 3.92. The van der Waals surface area contributed by atoms with Crippen molar-refractivity contribution in [2.45, 2.75) is 70.8 Å². The van der Waals surface area contributed by atoms with E-state index in [1.54, 1.807) is 6.07 Å². The molecule has 2 aliphatic rings. The molecule has 0 aliphatic carbocycles. The number of carbonyl (C=O) groups excluding carboxylic acids is 1. The second-order valence-electron chi connectivity index (χ2n) is 7.07. The zero-order valence-corrected chi connectivity index (χ0v) is 14.7. The maximum Gasteiger partial charge on any atom is 0.170 e. The van der Waals surface area contributed by atoms with Crippen LogP contribution in [0, 0.1) is 0 Å². The lowest BCUT2D eigenvalue weighted by Gasteiger charge is -2.41. The van der Waals surface area contributed by atoms with Gasteiger partial charge in [-0.2, -0.15) is 0 Å². The molecule has 1 fully saturated rings. The molecule has 4 heteroatoms. The number of anilines is 1. The van der Waals surface area contributed by atoms with Crippen LogP contribution in [0.2, 0.25) is 0 Å². The van der Waals surface area contributed by atoms with Gasteiger partial charge in [-0.05, 0) is 25.7 Å². The molecular formula is C20H29NO3. The average molecular weight is 331 g/mol. The van der Waals surface area contributed by atoms with Gasteiger partial charge in [0.2, 0.25) is 0 Å². The molecule has 2 heterocycles. The minimum absolute atomic E-state index is 0.0664. The van der Waals surface area contributed by atoms with E-state index in [9.17, 15) is 9.90 Å². The molecule has 4 nitrogen and oxygen atoms in total. The molecule has 132 valence electrons. The van der Waals surface area contributed by atoms with Crippen LogP contribution in [0.3, 0.4) is 0 Å². The molecular weight excluding hydrogens is 302 g/mol. The number of nitrogens with zero attached hydrogens (tertiary/aromatic N) is 1. The Bertz CT molecular complexity index is 584. The number of ketones is 1. The molecule has 2 aliphatic heterocycles. The number of carbonyl (C=O) groups is 1. The van der Waals surface area contributed by atoms with Crippen LogP contribution in [-0.2, 0) is 0 Å². The number of fused-ring (bicyclic) bond motifs is 3. The fourth-order valence-corrected chi connectivity index (χ4v) is 3.92. The molecule has 1 atom stereocenters. The van der Waals surface area contributed by atoms with E-state index < -0.39 is 0 Å². The molecule has 3 rings (SSSR count). The standard InChI is InChI=1S/C20H29NO3/c1-2-3-4-5-8-11-24-16-13-17-20(19(23)14-16)18(22)12-15-9-6-7-10-21(15)17/h13-15,23H,2-12H2,1H3. The Morgan fingerprint density at radius 3 is 2.88 bits per heavy atom. The van der Waals surface area contributed by atoms with Crippen molar-refractivity contribution in [1.82, 2.24) is 0 Å². The van der Waals surface area contributed by atoms with E-state index in [1.165, 1.54) is 32.1 Å². The number of hydrogen-bond donors (Lipinski definition) is 1. The van der Waals surface area contributed by atoms with Crippen molar-refractivity contribution < 1.29 is 14.6 Å². The minimum Gasteiger partial charge on any atom is -0.507 e. The van der Waals surface area contributed by atoms with Gasteiger partial charge in [0.15, 0.2) is 5.78 Å². The van der Waals surface area contributed by atoms with Crippen molar-refractivity contribution >= 4 is 11.5 Å². The van der Waals surface area contributed by atoms with Crippen LogP contribution in [0.5, 0.6) is 11.5 Å². The van der Waals surface area contributed by atoms with Gasteiger partial charge in [-0.15, -0.1) is 0 Å². The first kappa shape index (κ1) is 17.1. The highest BCUT2D eigenvalue weighted by molar-refractivity contribution is 6.06. The zero-order chi connectivity index (χ0) is 16.9. The molecule has 0 amide bonds. The highest BCUT2D eigenvalue weighted by Gasteiger charge is 2.35. The second kappa shape index (κ2) is 7.91. The Hall–Kier alpha value is -1.71. The summed E-state index contributed by atoms with van der Waals surface area (Å²) in [5.74, 6) is 0.819. The fraction of sp³-hybridized carbons (Fsp3) is 0.650. The number of phenols is 1. The second-order valence-corrected chi connectivity index (χ2v) is 7.07. The van der Waals surface area contributed by atoms with Crippen LogP contribution < -0.4 is 9.64 Å². The van der Waals surface area contributed by atoms with Gasteiger partial charge in [-0.25, -0.2) is 0 Å². The molecule has 1 aromatic carbocycles. The number of piperidine rings is 1. The number of aromatic hydroxyl groups is 1. The van der Waals surface area contributed by atoms with E-state index in [-0.39, 0.29) is 11.5 Å². The number of benzene rings is 1. The summed E-state index contributed by atoms with van der Waals surface area (Å²) in [4.78, 5) is 14.7. The predicted octanol–water partition coefficient (Wildman–Crippen LogP) is 4.69. The summed E-state index contributed by atoms with van der Waals surface area (Å²) in [7, 11) is 0. The van der Waals surface area contributed by atoms with Crippen molar-refractivity contribution in [3.05, 3.63) is 17.7 Å². The lowest BCUT2D eigenvalue weighted by atomic mass is 9.88. The zero-order valence-electron chi connectivity index (χ0n) is 14.7. The Labute approximate surface area is 144 Å². The minimum atomic E-state index is 0.0664. The third-order valence-corrected chi connectivity index (χ3v) is 5.22. The molecule has 1 unspecified atom stereocenters. The average Bonchev–Trinajstić information content (AvgIpc) is 2.57. The van der Waals surface area contributed by atoms with E-state index in [0.717, 1.165) is 31.5 Å². The highest BCUT2D eigenvalue weighted by Crippen LogP contribution is 2.42. The summed E-state index contributed by atoms with van der Waals surface area (Å²) in [5, 5.41) is 10.3. The predicted molar refractivity (Wildman–Crippen MR) is 96.3 cm³/mol. The van der Waals surface area contributed by atoms with Crippen molar-refractivity contribution in [2.24, 2.45) is 0 Å². The highest BCUT2D eigenvalue weighted by atomic mass is 16.5. The van der Waals surface area contributed by atoms with E-state index in [4.69, 9.17) is 4.74 Å². The maximum absolute atomic E-state index is 12.4. The van der Waals surface area contributed by atoms with E-state index >= 15 is 0 Å². The molecule has 0 radical (unpaired) electrons. The number of phenolic OH excluding ortho intramolecular Hbond substituents is 1. The Kier molecular flexibility index (Phi) is 5.64. The van der Waals surface area contributed by atoms with Crippen LogP contribution in [0.4, 0.5) is 5.69 Å². The van der Waals surface area contributed by atoms with Crippen LogP contribution in [-0.4, -0.2) is 30.1 Å². The van der Waals surface area contributed by atoms with Crippen LogP contribution in [0.1, 0.15) is 75.1 Å². The van der Waals surface area contributed by atoms with Crippen molar-refractivity contribution in [1.29, 1.82) is 0 Å². The van der Waals surface area contributed by atoms with Crippen molar-refractivity contribution in [3.63, 3.8) is 0 Å². The number of Topliss-reactive ketones (excluding diaryl/α,β-unsaturated/α-hetero) is 1. The van der Waals surface area contributed by atoms with Gasteiger partial charge in [0, 0.05) is 31.1 Å². The Morgan fingerprint density at radius 1 is 1.21 bits per heavy atom. The molecule has 1 N–H and O–H groups in total. The molecule has 24 heavy (non-hydrogen) atoms. The first-order chi connectivity index (χ1) is 11.7. The quantitative estimate of drug-likeness (QED) is 0.737. The van der Waals surface area contributed by atoms with Crippen LogP contribution >= 0.6 is 0 Å². The first-order valence-corrected chi connectivity index (χ1v) is 9.50. The van der Waals surface area contributed by atoms with E-state index in [2.05, 4.69) is 11.8 Å². The Balaban J connectivity index is 1.70. The smallest absolute Gasteiger partial charge is 0.170 e. The summed E-state index contributed by atoms with van der Waals surface area (Å²) in [6.07, 6.45) is 9.90. The summed E-state index contributed by atoms with van der Waals surface area (Å²) >= 11 is 0. The molecule has 1 saturated heterocycles. The van der Waals surface area contributed by atoms with Gasteiger partial charge in [-0.1, -0.05) is 32.6 Å². The number of ether oxygens (including phenoxy) is 1. The van der Waals surface area contributed by atoms with Crippen LogP contribution in [0.15, 0.2) is 12.1 Å². The molecule has 1 aromatic rings. The maximum atomic E-state index is 12.4. The lowest BCUT2D eigenvalue weighted by molar-refractivity contribution is 0.0958. The van der Waals surface area contributed by atoms with Gasteiger partial charge in [0.25, 0.3) is 0 Å². The topological polar surface area (TPSA) is 49.8 Å². The van der Waals surface area contributed by atoms with Crippen molar-refractivity contribution in [3.8, 4) is 11.5 Å². The van der Waals surface area contributed by atoms with Gasteiger partial charge < -0.3 is 14.7 Å². The monoisotopic (exact) mass is 331 g/mol. The summed E-state index contributed by atoms with van der Waals surface area (Å²) in [5.41, 5.74) is 1.36. The third kappa shape index (κ3) is 3.68. The lowest BCUT2D eigenvalue weighted by Crippen LogP contribution is -2.44. The van der Waals surface area contributed by atoms with E-state index in [0.29, 0.717) is 30.4 Å². The molecule has 0 spiro atoms. The van der Waals surface area contributed by atoms with Crippen LogP contribution in [0.25, 0.3) is 0 Å². The SMILES string of the molecule is CCCCCCCOc1cc(O)c2c(c1)N1CCCCC1CC2=O. The van der Waals surface area contributed by atoms with Gasteiger partial charge in [0.1, 0.15) is 11.5 Å². The Morgan fingerprint density at radius 2 is 2.04 bits per heavy atom. The largest absolute Gasteiger partial charge is 0.507 e. The van der Waals surface area contributed by atoms with E-state index in [1.807, 2.05) is 6.07 Å². The summed E-state index contributed by atoms with van der Waals surface area (Å²) in [6.45, 7) is 3.84. The molecule has 0 aromatic heterocycles. The molecule has 0 bridgehead atoms. The van der Waals surface area contributed by atoms with Gasteiger partial charge in [0.05, 0.1) is 17.9 Å². The van der Waals surface area contributed by atoms with Gasteiger partial charge in [-0.3, -0.25) is 4.79 Å². The number of hydrogen-bond acceptors (Lipinski definition) is 4. The number of unbranched alkanes of at least 4 members (excludes halogenated alkanes) is 4. The number of rotatable bonds is 7. The molecule has 0 saturated carbocycles. The van der Waals surface area contributed by atoms with Crippen molar-refractivity contribution in [2.75, 3.05) is 18.1 Å².